The molecule has 8 heteroatoms. The van der Waals surface area contributed by atoms with E-state index in [4.69, 9.17) is 18.9 Å². The molecule has 4 aromatic carbocycles. The molecule has 0 N–H and O–H groups in total. The number of hydrogen-bond acceptors (Lipinski definition) is 8. The zero-order valence-electron chi connectivity index (χ0n) is 48.3. The quantitative estimate of drug-likeness (QED) is 0.0189. The molecule has 0 aliphatic carbocycles. The summed E-state index contributed by atoms with van der Waals surface area (Å²) >= 11 is 0. The summed E-state index contributed by atoms with van der Waals surface area (Å²) in [6, 6.07) is 33.7. The second-order valence-electron chi connectivity index (χ2n) is 21.4. The van der Waals surface area contributed by atoms with Gasteiger partial charge in [-0.3, -0.25) is 19.6 Å². The van der Waals surface area contributed by atoms with Gasteiger partial charge in [-0.1, -0.05) is 205 Å². The molecule has 4 rings (SSSR count). The van der Waals surface area contributed by atoms with Crippen molar-refractivity contribution in [1.82, 2.24) is 0 Å². The predicted molar refractivity (Wildman–Crippen MR) is 324 cm³/mol. The number of aryl methyl sites for hydroxylation is 2. The van der Waals surface area contributed by atoms with Crippen LogP contribution < -0.4 is 9.47 Å². The van der Waals surface area contributed by atoms with Crippen LogP contribution in [0, 0.1) is 0 Å². The van der Waals surface area contributed by atoms with Crippen molar-refractivity contribution in [3.05, 3.63) is 119 Å². The first-order valence-electron chi connectivity index (χ1n) is 31.0. The van der Waals surface area contributed by atoms with E-state index in [-0.39, 0.29) is 6.42 Å². The lowest BCUT2D eigenvalue weighted by atomic mass is 10.0. The molecule has 0 bridgehead atoms. The van der Waals surface area contributed by atoms with Gasteiger partial charge in [0.1, 0.15) is 17.9 Å². The third-order valence-electron chi connectivity index (χ3n) is 14.4. The third kappa shape index (κ3) is 34.3. The second kappa shape index (κ2) is 44.7. The van der Waals surface area contributed by atoms with E-state index in [0.717, 1.165) is 124 Å². The molecule has 0 saturated carbocycles. The van der Waals surface area contributed by atoms with Gasteiger partial charge >= 0.3 is 11.9 Å². The Hall–Kier alpha value is -5.24. The van der Waals surface area contributed by atoms with Crippen LogP contribution in [0.4, 0.5) is 11.4 Å². The number of ether oxygens (including phenoxy) is 4. The number of carbonyl (C=O) groups excluding carboxylic acids is 2. The smallest absolute Gasteiger partial charge is 0.317 e. The second-order valence-corrected chi connectivity index (χ2v) is 21.4. The molecule has 0 spiro atoms. The summed E-state index contributed by atoms with van der Waals surface area (Å²) in [6.45, 7) is 6.71. The van der Waals surface area contributed by atoms with E-state index in [1.807, 2.05) is 36.7 Å². The fraction of sp³-hybridized carbons (Fsp3) is 0.594. The minimum absolute atomic E-state index is 0.308. The number of esters is 2. The average Bonchev–Trinajstić information content (AvgIpc) is 3.45. The molecule has 0 aliphatic rings. The number of benzene rings is 4. The first kappa shape index (κ1) is 64.3. The van der Waals surface area contributed by atoms with E-state index in [2.05, 4.69) is 96.6 Å². The Morgan fingerprint density at radius 2 is 0.623 bits per heavy atom. The van der Waals surface area contributed by atoms with Gasteiger partial charge in [0.2, 0.25) is 0 Å². The molecule has 0 atom stereocenters. The number of nitrogens with zero attached hydrogens (tertiary/aromatic N) is 2. The highest BCUT2D eigenvalue weighted by Gasteiger charge is 2.12. The van der Waals surface area contributed by atoms with Crippen molar-refractivity contribution in [3.63, 3.8) is 0 Å². The molecular formula is C69H102N2O6. The summed E-state index contributed by atoms with van der Waals surface area (Å²) in [6.07, 6.45) is 44.9. The number of aliphatic imine (C=N–C) groups is 2. The Morgan fingerprint density at radius 1 is 0.338 bits per heavy atom. The van der Waals surface area contributed by atoms with Gasteiger partial charge in [0.25, 0.3) is 0 Å². The van der Waals surface area contributed by atoms with Crippen LogP contribution >= 0.6 is 0 Å². The Kier molecular flexibility index (Phi) is 37.3. The van der Waals surface area contributed by atoms with E-state index in [1.54, 1.807) is 0 Å². The van der Waals surface area contributed by atoms with Gasteiger partial charge in [0, 0.05) is 12.4 Å². The minimum atomic E-state index is -0.493. The van der Waals surface area contributed by atoms with Crippen LogP contribution in [0.15, 0.2) is 107 Å². The summed E-state index contributed by atoms with van der Waals surface area (Å²) < 4.78 is 22.5. The van der Waals surface area contributed by atoms with Gasteiger partial charge in [-0.05, 0) is 146 Å². The average molecular weight is 1060 g/mol. The van der Waals surface area contributed by atoms with Crippen molar-refractivity contribution in [2.24, 2.45) is 9.98 Å². The van der Waals surface area contributed by atoms with Crippen LogP contribution in [0.2, 0.25) is 0 Å². The maximum atomic E-state index is 12.1. The molecule has 0 radical (unpaired) electrons. The number of hydrogen-bond donors (Lipinski definition) is 0. The van der Waals surface area contributed by atoms with E-state index in [1.165, 1.54) is 152 Å². The van der Waals surface area contributed by atoms with E-state index < -0.39 is 11.9 Å². The Bertz CT molecular complexity index is 1950. The molecule has 77 heavy (non-hydrogen) atoms. The van der Waals surface area contributed by atoms with Crippen molar-refractivity contribution < 1.29 is 28.5 Å². The first-order valence-corrected chi connectivity index (χ1v) is 31.0. The Labute approximate surface area is 468 Å². The SMILES string of the molecule is CCCCCCCCCCc1ccc(N=Cc2ccc(OCCCCCCCCCCOC(=O)CC(=O)OCCCCCCCCCCOc3ccc(C=Nc4ccc(CCCCCCCCCC)cc4)cc3)cc2)cc1. The highest BCUT2D eigenvalue weighted by atomic mass is 16.6. The molecule has 0 amide bonds. The molecule has 0 fully saturated rings. The summed E-state index contributed by atoms with van der Waals surface area (Å²) in [5.74, 6) is 0.808. The predicted octanol–water partition coefficient (Wildman–Crippen LogP) is 19.7. The number of unbranched alkanes of at least 4 members (excludes halogenated alkanes) is 28. The zero-order valence-corrected chi connectivity index (χ0v) is 48.3. The summed E-state index contributed by atoms with van der Waals surface area (Å²) in [5, 5.41) is 0. The lowest BCUT2D eigenvalue weighted by Gasteiger charge is -2.07. The number of carbonyl (C=O) groups is 2. The summed E-state index contributed by atoms with van der Waals surface area (Å²) in [7, 11) is 0. The van der Waals surface area contributed by atoms with E-state index in [9.17, 15) is 9.59 Å². The maximum Gasteiger partial charge on any atom is 0.317 e. The Balaban J connectivity index is 0.855. The van der Waals surface area contributed by atoms with Gasteiger partial charge in [-0.2, -0.15) is 0 Å². The third-order valence-corrected chi connectivity index (χ3v) is 14.4. The van der Waals surface area contributed by atoms with Gasteiger partial charge in [-0.25, -0.2) is 0 Å². The van der Waals surface area contributed by atoms with Gasteiger partial charge in [0.05, 0.1) is 37.8 Å². The molecule has 0 aliphatic heterocycles. The van der Waals surface area contributed by atoms with Crippen LogP contribution in [0.25, 0.3) is 0 Å². The lowest BCUT2D eigenvalue weighted by molar-refractivity contribution is -0.154. The molecular weight excluding hydrogens is 953 g/mol. The maximum absolute atomic E-state index is 12.1. The largest absolute Gasteiger partial charge is 0.494 e. The van der Waals surface area contributed by atoms with Crippen molar-refractivity contribution in [3.8, 4) is 11.5 Å². The molecule has 4 aromatic rings. The van der Waals surface area contributed by atoms with Crippen LogP contribution in [-0.4, -0.2) is 50.8 Å². The van der Waals surface area contributed by atoms with E-state index >= 15 is 0 Å². The van der Waals surface area contributed by atoms with Crippen LogP contribution in [0.1, 0.15) is 248 Å². The highest BCUT2D eigenvalue weighted by Crippen LogP contribution is 2.21. The van der Waals surface area contributed by atoms with Crippen LogP contribution in [0.5, 0.6) is 11.5 Å². The molecule has 0 heterocycles. The molecule has 0 aromatic heterocycles. The topological polar surface area (TPSA) is 95.8 Å². The van der Waals surface area contributed by atoms with Crippen molar-refractivity contribution in [1.29, 1.82) is 0 Å². The molecule has 0 unspecified atom stereocenters. The van der Waals surface area contributed by atoms with Crippen LogP contribution in [-0.2, 0) is 31.9 Å². The fourth-order valence-corrected chi connectivity index (χ4v) is 9.52. The minimum Gasteiger partial charge on any atom is -0.494 e. The van der Waals surface area contributed by atoms with Gasteiger partial charge < -0.3 is 18.9 Å². The molecule has 424 valence electrons. The molecule has 0 saturated heterocycles. The van der Waals surface area contributed by atoms with Crippen LogP contribution in [0.3, 0.4) is 0 Å². The fourth-order valence-electron chi connectivity index (χ4n) is 9.52. The normalized spacial score (nSPS) is 11.5. The summed E-state index contributed by atoms with van der Waals surface area (Å²) in [4.78, 5) is 33.6. The highest BCUT2D eigenvalue weighted by molar-refractivity contribution is 5.91. The van der Waals surface area contributed by atoms with Crippen molar-refractivity contribution in [2.45, 2.75) is 239 Å². The Morgan fingerprint density at radius 3 is 0.948 bits per heavy atom. The van der Waals surface area contributed by atoms with Gasteiger partial charge in [-0.15, -0.1) is 0 Å². The van der Waals surface area contributed by atoms with Crippen molar-refractivity contribution >= 4 is 35.7 Å². The first-order chi connectivity index (χ1) is 38.0. The van der Waals surface area contributed by atoms with Crippen molar-refractivity contribution in [2.75, 3.05) is 26.4 Å². The number of rotatable bonds is 48. The monoisotopic (exact) mass is 1050 g/mol. The lowest BCUT2D eigenvalue weighted by Crippen LogP contribution is -2.15. The zero-order chi connectivity index (χ0) is 54.3. The standard InChI is InChI=1S/C69H102N2O6/c1-3-5-7-9-11-17-23-29-35-60-37-45-64(46-38-60)70-58-62-41-49-66(50-42-62)74-53-31-25-19-13-15-21-27-33-55-76-68(72)57-69(73)77-56-34-28-22-16-14-20-26-32-54-75-67-51-43-63(44-52-67)59-71-65-47-39-61(40-48-65)36-30-24-18-12-10-8-6-4-2/h37-52,58-59H,3-36,53-57H2,1-2H3. The van der Waals surface area contributed by atoms with E-state index in [0.29, 0.717) is 13.2 Å². The molecule has 8 nitrogen and oxygen atoms in total. The summed E-state index contributed by atoms with van der Waals surface area (Å²) in [5.41, 5.74) is 6.89. The van der Waals surface area contributed by atoms with Gasteiger partial charge in [0.15, 0.2) is 0 Å².